The Morgan fingerprint density at radius 2 is 2.15 bits per heavy atom. The lowest BCUT2D eigenvalue weighted by molar-refractivity contribution is 0.845. The number of aromatic nitrogens is 2. The van der Waals surface area contributed by atoms with Gasteiger partial charge in [0.1, 0.15) is 5.01 Å². The van der Waals surface area contributed by atoms with Crippen molar-refractivity contribution in [2.45, 2.75) is 26.3 Å². The van der Waals surface area contributed by atoms with E-state index in [4.69, 9.17) is 5.73 Å². The SMILES string of the molecule is CCc1nc(C(N)c2ccc3ncccc3c2)sc1C. The van der Waals surface area contributed by atoms with E-state index in [0.29, 0.717) is 0 Å². The Kier molecular flexibility index (Phi) is 3.51. The minimum Gasteiger partial charge on any atom is -0.318 e. The summed E-state index contributed by atoms with van der Waals surface area (Å²) in [5.74, 6) is 0. The lowest BCUT2D eigenvalue weighted by atomic mass is 10.1. The molecule has 2 N–H and O–H groups in total. The van der Waals surface area contributed by atoms with Gasteiger partial charge in [0, 0.05) is 16.5 Å². The number of hydrogen-bond donors (Lipinski definition) is 1. The number of thiazole rings is 1. The molecule has 3 rings (SSSR count). The molecule has 0 saturated heterocycles. The molecule has 3 aromatic rings. The zero-order valence-corrected chi connectivity index (χ0v) is 12.4. The number of pyridine rings is 1. The maximum Gasteiger partial charge on any atom is 0.114 e. The number of hydrogen-bond acceptors (Lipinski definition) is 4. The number of benzene rings is 1. The Balaban J connectivity index is 2.00. The smallest absolute Gasteiger partial charge is 0.114 e. The molecule has 1 atom stereocenters. The first-order valence-electron chi connectivity index (χ1n) is 6.75. The summed E-state index contributed by atoms with van der Waals surface area (Å²) >= 11 is 1.70. The second kappa shape index (κ2) is 5.31. The first-order chi connectivity index (χ1) is 9.69. The molecule has 0 aliphatic carbocycles. The molecule has 2 aromatic heterocycles. The summed E-state index contributed by atoms with van der Waals surface area (Å²) < 4.78 is 0. The third-order valence-electron chi connectivity index (χ3n) is 3.50. The third-order valence-corrected chi connectivity index (χ3v) is 4.59. The van der Waals surface area contributed by atoms with Crippen molar-refractivity contribution < 1.29 is 0 Å². The highest BCUT2D eigenvalue weighted by atomic mass is 32.1. The average Bonchev–Trinajstić information content (AvgIpc) is 2.87. The first-order valence-corrected chi connectivity index (χ1v) is 7.57. The molecule has 0 aliphatic rings. The van der Waals surface area contributed by atoms with E-state index in [2.05, 4.69) is 35.9 Å². The second-order valence-electron chi connectivity index (χ2n) is 4.84. The van der Waals surface area contributed by atoms with E-state index in [0.717, 1.165) is 33.6 Å². The zero-order chi connectivity index (χ0) is 14.1. The number of aryl methyl sites for hydroxylation is 2. The van der Waals surface area contributed by atoms with Crippen LogP contribution in [-0.2, 0) is 6.42 Å². The molecular formula is C16H17N3S. The van der Waals surface area contributed by atoms with E-state index in [-0.39, 0.29) is 6.04 Å². The summed E-state index contributed by atoms with van der Waals surface area (Å²) in [5, 5.41) is 2.10. The molecule has 4 heteroatoms. The quantitative estimate of drug-likeness (QED) is 0.799. The maximum atomic E-state index is 6.37. The van der Waals surface area contributed by atoms with Gasteiger partial charge in [0.2, 0.25) is 0 Å². The van der Waals surface area contributed by atoms with Gasteiger partial charge in [-0.15, -0.1) is 11.3 Å². The minimum absolute atomic E-state index is 0.163. The fourth-order valence-corrected chi connectivity index (χ4v) is 3.38. The van der Waals surface area contributed by atoms with E-state index in [1.54, 1.807) is 17.5 Å². The van der Waals surface area contributed by atoms with E-state index in [1.165, 1.54) is 4.88 Å². The van der Waals surface area contributed by atoms with Gasteiger partial charge >= 0.3 is 0 Å². The van der Waals surface area contributed by atoms with Gasteiger partial charge in [-0.3, -0.25) is 4.98 Å². The van der Waals surface area contributed by atoms with Crippen LogP contribution in [0.3, 0.4) is 0 Å². The van der Waals surface area contributed by atoms with Crippen molar-refractivity contribution in [1.82, 2.24) is 9.97 Å². The van der Waals surface area contributed by atoms with Crippen molar-refractivity contribution in [3.05, 3.63) is 57.7 Å². The molecule has 0 aliphatic heterocycles. The zero-order valence-electron chi connectivity index (χ0n) is 11.6. The third kappa shape index (κ3) is 2.32. The highest BCUT2D eigenvalue weighted by molar-refractivity contribution is 7.11. The Morgan fingerprint density at radius 1 is 1.30 bits per heavy atom. The maximum absolute atomic E-state index is 6.37. The van der Waals surface area contributed by atoms with Crippen LogP contribution in [0.15, 0.2) is 36.5 Å². The average molecular weight is 283 g/mol. The van der Waals surface area contributed by atoms with Crippen LogP contribution < -0.4 is 5.73 Å². The van der Waals surface area contributed by atoms with Crippen molar-refractivity contribution in [2.24, 2.45) is 5.73 Å². The number of nitrogens with zero attached hydrogens (tertiary/aromatic N) is 2. The van der Waals surface area contributed by atoms with Crippen LogP contribution in [0.4, 0.5) is 0 Å². The molecular weight excluding hydrogens is 266 g/mol. The Labute approximate surface area is 122 Å². The summed E-state index contributed by atoms with van der Waals surface area (Å²) in [6.07, 6.45) is 2.76. The van der Waals surface area contributed by atoms with Crippen molar-refractivity contribution in [1.29, 1.82) is 0 Å². The topological polar surface area (TPSA) is 51.8 Å². The summed E-state index contributed by atoms with van der Waals surface area (Å²) in [7, 11) is 0. The summed E-state index contributed by atoms with van der Waals surface area (Å²) in [6.45, 7) is 4.23. The van der Waals surface area contributed by atoms with Crippen molar-refractivity contribution in [3.63, 3.8) is 0 Å². The van der Waals surface area contributed by atoms with Gasteiger partial charge in [-0.25, -0.2) is 4.98 Å². The lowest BCUT2D eigenvalue weighted by Crippen LogP contribution is -2.11. The number of rotatable bonds is 3. The number of nitrogens with two attached hydrogens (primary N) is 1. The van der Waals surface area contributed by atoms with Crippen molar-refractivity contribution in [3.8, 4) is 0 Å². The summed E-state index contributed by atoms with van der Waals surface area (Å²) in [5.41, 5.74) is 9.61. The molecule has 0 saturated carbocycles. The van der Waals surface area contributed by atoms with Gasteiger partial charge in [-0.2, -0.15) is 0 Å². The largest absolute Gasteiger partial charge is 0.318 e. The van der Waals surface area contributed by atoms with Crippen LogP contribution in [0.2, 0.25) is 0 Å². The van der Waals surface area contributed by atoms with Crippen LogP contribution in [-0.4, -0.2) is 9.97 Å². The van der Waals surface area contributed by atoms with Crippen LogP contribution in [0.5, 0.6) is 0 Å². The summed E-state index contributed by atoms with van der Waals surface area (Å²) in [4.78, 5) is 10.3. The second-order valence-corrected chi connectivity index (χ2v) is 6.08. The highest BCUT2D eigenvalue weighted by Gasteiger charge is 2.15. The standard InChI is InChI=1S/C16H17N3S/c1-3-13-10(2)20-16(19-13)15(17)12-6-7-14-11(9-12)5-4-8-18-14/h4-9,15H,3,17H2,1-2H3. The Bertz CT molecular complexity index is 748. The van der Waals surface area contributed by atoms with Gasteiger partial charge in [-0.05, 0) is 37.1 Å². The Morgan fingerprint density at radius 3 is 2.90 bits per heavy atom. The van der Waals surface area contributed by atoms with E-state index >= 15 is 0 Å². The molecule has 3 nitrogen and oxygen atoms in total. The molecule has 102 valence electrons. The van der Waals surface area contributed by atoms with Crippen LogP contribution in [0.1, 0.15) is 34.1 Å². The van der Waals surface area contributed by atoms with Gasteiger partial charge < -0.3 is 5.73 Å². The molecule has 20 heavy (non-hydrogen) atoms. The molecule has 0 bridgehead atoms. The molecule has 0 amide bonds. The van der Waals surface area contributed by atoms with E-state index in [1.807, 2.05) is 18.2 Å². The number of fused-ring (bicyclic) bond motifs is 1. The Hall–Kier alpha value is -1.78. The minimum atomic E-state index is -0.163. The molecule has 0 radical (unpaired) electrons. The van der Waals surface area contributed by atoms with Gasteiger partial charge in [-0.1, -0.05) is 19.1 Å². The molecule has 0 spiro atoms. The molecule has 0 fully saturated rings. The lowest BCUT2D eigenvalue weighted by Gasteiger charge is -2.09. The van der Waals surface area contributed by atoms with E-state index in [9.17, 15) is 0 Å². The first kappa shape index (κ1) is 13.2. The van der Waals surface area contributed by atoms with Gasteiger partial charge in [0.15, 0.2) is 0 Å². The van der Waals surface area contributed by atoms with Crippen LogP contribution in [0, 0.1) is 6.92 Å². The van der Waals surface area contributed by atoms with Crippen molar-refractivity contribution >= 4 is 22.2 Å². The van der Waals surface area contributed by atoms with Crippen LogP contribution in [0.25, 0.3) is 10.9 Å². The molecule has 1 unspecified atom stereocenters. The molecule has 2 heterocycles. The normalized spacial score (nSPS) is 12.8. The van der Waals surface area contributed by atoms with Gasteiger partial charge in [0.05, 0.1) is 17.3 Å². The van der Waals surface area contributed by atoms with Gasteiger partial charge in [0.25, 0.3) is 0 Å². The predicted octanol–water partition coefficient (Wildman–Crippen LogP) is 3.61. The highest BCUT2D eigenvalue weighted by Crippen LogP contribution is 2.28. The van der Waals surface area contributed by atoms with Crippen LogP contribution >= 0.6 is 11.3 Å². The van der Waals surface area contributed by atoms with E-state index < -0.39 is 0 Å². The molecule has 1 aromatic carbocycles. The summed E-state index contributed by atoms with van der Waals surface area (Å²) in [6, 6.07) is 10.0. The fraction of sp³-hybridized carbons (Fsp3) is 0.250. The predicted molar refractivity (Wildman–Crippen MR) is 84.0 cm³/mol. The fourth-order valence-electron chi connectivity index (χ4n) is 2.34. The van der Waals surface area contributed by atoms with Crippen molar-refractivity contribution in [2.75, 3.05) is 0 Å². The monoisotopic (exact) mass is 283 g/mol.